The van der Waals surface area contributed by atoms with E-state index in [9.17, 15) is 24.3 Å². The number of carbonyl (C=O) groups excluding carboxylic acids is 4. The van der Waals surface area contributed by atoms with Crippen LogP contribution in [0.4, 0.5) is 0 Å². The SMILES string of the molecule is C=CCC(C(=O)N[C@@H](C)CO)C(=O)N[C@H](COC(=O)[C@H](CC=C)CC(=O)N1CCCC1)c1ccccc1. The minimum absolute atomic E-state index is 0.0395. The number of nitrogens with one attached hydrogen (secondary N) is 2. The number of hydrogen-bond donors (Lipinski definition) is 3. The van der Waals surface area contributed by atoms with Gasteiger partial charge in [-0.3, -0.25) is 19.2 Å². The molecule has 1 heterocycles. The molecule has 1 aliphatic rings. The first-order valence-electron chi connectivity index (χ1n) is 12.7. The number of aliphatic hydroxyl groups is 1. The zero-order chi connectivity index (χ0) is 27.2. The fourth-order valence-electron chi connectivity index (χ4n) is 4.12. The summed E-state index contributed by atoms with van der Waals surface area (Å²) in [6.07, 6.45) is 5.42. The van der Waals surface area contributed by atoms with Crippen molar-refractivity contribution in [3.05, 3.63) is 61.2 Å². The minimum Gasteiger partial charge on any atom is -0.463 e. The van der Waals surface area contributed by atoms with Gasteiger partial charge in [0.2, 0.25) is 17.7 Å². The molecule has 9 heteroatoms. The molecule has 1 unspecified atom stereocenters. The number of likely N-dealkylation sites (tertiary alicyclic amines) is 1. The van der Waals surface area contributed by atoms with E-state index >= 15 is 0 Å². The summed E-state index contributed by atoms with van der Waals surface area (Å²) in [6, 6.07) is 7.75. The molecule has 0 bridgehead atoms. The highest BCUT2D eigenvalue weighted by molar-refractivity contribution is 6.00. The fraction of sp³-hybridized carbons (Fsp3) is 0.500. The van der Waals surface area contributed by atoms with Gasteiger partial charge in [-0.1, -0.05) is 42.5 Å². The van der Waals surface area contributed by atoms with Gasteiger partial charge in [0, 0.05) is 25.6 Å². The molecule has 1 aromatic rings. The number of aliphatic hydroxyl groups excluding tert-OH is 1. The molecule has 3 N–H and O–H groups in total. The van der Waals surface area contributed by atoms with Gasteiger partial charge in [-0.2, -0.15) is 0 Å². The number of carbonyl (C=O) groups is 4. The highest BCUT2D eigenvalue weighted by atomic mass is 16.5. The molecule has 37 heavy (non-hydrogen) atoms. The number of esters is 1. The van der Waals surface area contributed by atoms with Gasteiger partial charge in [-0.15, -0.1) is 13.2 Å². The summed E-state index contributed by atoms with van der Waals surface area (Å²) in [5, 5.41) is 14.7. The Bertz CT molecular complexity index is 929. The number of allylic oxidation sites excluding steroid dienone is 2. The monoisotopic (exact) mass is 513 g/mol. The molecule has 4 atom stereocenters. The van der Waals surface area contributed by atoms with Gasteiger partial charge in [-0.25, -0.2) is 0 Å². The van der Waals surface area contributed by atoms with Crippen LogP contribution in [0.15, 0.2) is 55.6 Å². The second kappa shape index (κ2) is 15.6. The first kappa shape index (κ1) is 29.8. The van der Waals surface area contributed by atoms with E-state index in [-0.39, 0.29) is 32.0 Å². The highest BCUT2D eigenvalue weighted by Crippen LogP contribution is 2.20. The molecule has 0 aromatic heterocycles. The molecule has 0 saturated carbocycles. The Labute approximate surface area is 218 Å². The van der Waals surface area contributed by atoms with Crippen molar-refractivity contribution < 1.29 is 29.0 Å². The summed E-state index contributed by atoms with van der Waals surface area (Å²) in [7, 11) is 0. The molecule has 1 aliphatic heterocycles. The van der Waals surface area contributed by atoms with Crippen molar-refractivity contribution in [1.29, 1.82) is 0 Å². The Morgan fingerprint density at radius 3 is 2.24 bits per heavy atom. The van der Waals surface area contributed by atoms with Crippen LogP contribution in [-0.4, -0.2) is 66.0 Å². The normalized spacial score (nSPS) is 16.1. The summed E-state index contributed by atoms with van der Waals surface area (Å²) in [4.78, 5) is 53.1. The lowest BCUT2D eigenvalue weighted by Crippen LogP contribution is -2.46. The summed E-state index contributed by atoms with van der Waals surface area (Å²) in [5.41, 5.74) is 0.693. The maximum absolute atomic E-state index is 13.1. The molecule has 0 spiro atoms. The molecule has 1 fully saturated rings. The third-order valence-corrected chi connectivity index (χ3v) is 6.27. The predicted molar refractivity (Wildman–Crippen MR) is 140 cm³/mol. The molecule has 1 aromatic carbocycles. The number of rotatable bonds is 15. The molecule has 202 valence electrons. The minimum atomic E-state index is -1.07. The molecule has 0 radical (unpaired) electrons. The fourth-order valence-corrected chi connectivity index (χ4v) is 4.12. The predicted octanol–water partition coefficient (Wildman–Crippen LogP) is 2.28. The smallest absolute Gasteiger partial charge is 0.309 e. The number of ether oxygens (including phenoxy) is 1. The second-order valence-corrected chi connectivity index (χ2v) is 9.28. The van der Waals surface area contributed by atoms with E-state index in [1.54, 1.807) is 42.2 Å². The van der Waals surface area contributed by atoms with Crippen LogP contribution in [0.1, 0.15) is 50.6 Å². The van der Waals surface area contributed by atoms with Gasteiger partial charge in [0.15, 0.2) is 0 Å². The van der Waals surface area contributed by atoms with E-state index < -0.39 is 41.7 Å². The van der Waals surface area contributed by atoms with Gasteiger partial charge in [0.1, 0.15) is 12.5 Å². The van der Waals surface area contributed by atoms with Gasteiger partial charge in [0.05, 0.1) is 18.6 Å². The maximum Gasteiger partial charge on any atom is 0.309 e. The zero-order valence-electron chi connectivity index (χ0n) is 21.6. The summed E-state index contributed by atoms with van der Waals surface area (Å²) in [5.74, 6) is -3.45. The molecular weight excluding hydrogens is 474 g/mol. The van der Waals surface area contributed by atoms with Gasteiger partial charge < -0.3 is 25.4 Å². The third-order valence-electron chi connectivity index (χ3n) is 6.27. The first-order chi connectivity index (χ1) is 17.8. The Morgan fingerprint density at radius 1 is 1.03 bits per heavy atom. The zero-order valence-corrected chi connectivity index (χ0v) is 21.6. The van der Waals surface area contributed by atoms with Crippen LogP contribution in [0.25, 0.3) is 0 Å². The van der Waals surface area contributed by atoms with Crippen LogP contribution in [0, 0.1) is 11.8 Å². The average Bonchev–Trinajstić information content (AvgIpc) is 3.44. The largest absolute Gasteiger partial charge is 0.463 e. The van der Waals surface area contributed by atoms with Crippen molar-refractivity contribution in [2.75, 3.05) is 26.3 Å². The van der Waals surface area contributed by atoms with Crippen LogP contribution in [0.2, 0.25) is 0 Å². The third kappa shape index (κ3) is 9.49. The van der Waals surface area contributed by atoms with Crippen molar-refractivity contribution in [3.8, 4) is 0 Å². The topological polar surface area (TPSA) is 125 Å². The summed E-state index contributed by atoms with van der Waals surface area (Å²) >= 11 is 0. The lowest BCUT2D eigenvalue weighted by Gasteiger charge is -2.24. The molecular formula is C28H39N3O6. The van der Waals surface area contributed by atoms with Crippen molar-refractivity contribution in [2.24, 2.45) is 11.8 Å². The van der Waals surface area contributed by atoms with Gasteiger partial charge in [0.25, 0.3) is 0 Å². The van der Waals surface area contributed by atoms with Crippen LogP contribution in [-0.2, 0) is 23.9 Å². The van der Waals surface area contributed by atoms with Gasteiger partial charge >= 0.3 is 5.97 Å². The number of nitrogens with zero attached hydrogens (tertiary/aromatic N) is 1. The Morgan fingerprint density at radius 2 is 1.65 bits per heavy atom. The van der Waals surface area contributed by atoms with Crippen LogP contribution < -0.4 is 10.6 Å². The molecule has 3 amide bonds. The molecule has 9 nitrogen and oxygen atoms in total. The number of benzene rings is 1. The molecule has 2 rings (SSSR count). The van der Waals surface area contributed by atoms with E-state index in [4.69, 9.17) is 4.74 Å². The van der Waals surface area contributed by atoms with Crippen LogP contribution >= 0.6 is 0 Å². The van der Waals surface area contributed by atoms with Crippen molar-refractivity contribution in [1.82, 2.24) is 15.5 Å². The first-order valence-corrected chi connectivity index (χ1v) is 12.7. The van der Waals surface area contributed by atoms with Crippen molar-refractivity contribution >= 4 is 23.7 Å². The average molecular weight is 514 g/mol. The number of hydrogen-bond acceptors (Lipinski definition) is 6. The molecule has 1 saturated heterocycles. The standard InChI is InChI=1S/C28H39N3O6/c1-4-11-22(17-25(33)31-15-9-10-16-31)28(36)37-19-24(21-13-7-6-8-14-21)30-27(35)23(12-5-2)26(34)29-20(3)18-32/h4-8,13-14,20,22-24,32H,1-2,9-12,15-19H2,3H3,(H,29,34)(H,30,35)/t20-,22+,23?,24+/m0/s1. The maximum atomic E-state index is 13.1. The number of amides is 3. The van der Waals surface area contributed by atoms with Crippen molar-refractivity contribution in [2.45, 2.75) is 51.1 Å². The lowest BCUT2D eigenvalue weighted by atomic mass is 10.00. The highest BCUT2D eigenvalue weighted by Gasteiger charge is 2.30. The summed E-state index contributed by atoms with van der Waals surface area (Å²) in [6.45, 7) is 9.93. The van der Waals surface area contributed by atoms with E-state index in [1.807, 2.05) is 6.07 Å². The Balaban J connectivity index is 2.11. The van der Waals surface area contributed by atoms with E-state index in [0.717, 1.165) is 12.8 Å². The lowest BCUT2D eigenvalue weighted by molar-refractivity contribution is -0.152. The quantitative estimate of drug-likeness (QED) is 0.188. The second-order valence-electron chi connectivity index (χ2n) is 9.28. The van der Waals surface area contributed by atoms with Gasteiger partial charge in [-0.05, 0) is 38.2 Å². The van der Waals surface area contributed by atoms with Crippen LogP contribution in [0.5, 0.6) is 0 Å². The van der Waals surface area contributed by atoms with E-state index in [0.29, 0.717) is 25.1 Å². The Hall–Kier alpha value is -3.46. The molecule has 0 aliphatic carbocycles. The van der Waals surface area contributed by atoms with E-state index in [1.165, 1.54) is 6.08 Å². The van der Waals surface area contributed by atoms with Crippen LogP contribution in [0.3, 0.4) is 0 Å². The van der Waals surface area contributed by atoms with E-state index in [2.05, 4.69) is 23.8 Å². The summed E-state index contributed by atoms with van der Waals surface area (Å²) < 4.78 is 5.59. The van der Waals surface area contributed by atoms with Crippen molar-refractivity contribution in [3.63, 3.8) is 0 Å². The Kier molecular flexibility index (Phi) is 12.6.